The smallest absolute Gasteiger partial charge is 0.251 e. The predicted molar refractivity (Wildman–Crippen MR) is 123 cm³/mol. The first-order chi connectivity index (χ1) is 15.6. The Morgan fingerprint density at radius 3 is 2.45 bits per heavy atom. The Kier molecular flexibility index (Phi) is 7.95. The maximum atomic E-state index is 14.7. The molecule has 0 radical (unpaired) electrons. The number of halogens is 2. The Balaban J connectivity index is 1.87. The topological polar surface area (TPSA) is 88.7 Å². The molecule has 2 aromatic rings. The summed E-state index contributed by atoms with van der Waals surface area (Å²) in [5.74, 6) is -2.84. The molecule has 0 aromatic heterocycles. The predicted octanol–water partition coefficient (Wildman–Crippen LogP) is 2.60. The van der Waals surface area contributed by atoms with E-state index in [2.05, 4.69) is 16.1 Å². The molecule has 1 heterocycles. The van der Waals surface area contributed by atoms with Crippen LogP contribution < -0.4 is 21.3 Å². The Labute approximate surface area is 192 Å². The second kappa shape index (κ2) is 10.5. The third-order valence-electron chi connectivity index (χ3n) is 5.38. The van der Waals surface area contributed by atoms with Gasteiger partial charge in [0.1, 0.15) is 17.7 Å². The first-order valence-corrected chi connectivity index (χ1v) is 14.1. The summed E-state index contributed by atoms with van der Waals surface area (Å²) in [7, 11) is -0.536. The van der Waals surface area contributed by atoms with Crippen molar-refractivity contribution < 1.29 is 27.9 Å². The van der Waals surface area contributed by atoms with Crippen molar-refractivity contribution in [3.63, 3.8) is 0 Å². The number of rotatable bonds is 8. The van der Waals surface area contributed by atoms with E-state index in [9.17, 15) is 18.4 Å². The van der Waals surface area contributed by atoms with E-state index in [-0.39, 0.29) is 18.2 Å². The van der Waals surface area contributed by atoms with Gasteiger partial charge in [0, 0.05) is 19.7 Å². The summed E-state index contributed by atoms with van der Waals surface area (Å²) in [4.78, 5) is 30.8. The average molecular weight is 478 g/mol. The molecule has 1 saturated heterocycles. The number of carbonyl (C=O) groups is 2. The molecule has 7 nitrogen and oxygen atoms in total. The standard InChI is InChI=1S/C23H29F2N3O4Si/c1-31-12-14-5-7-15(8-6-14)21(28-22(29)16-11-26-32-13-16)23(30)27-19-9-18(25)20(10-17(19)24)33(2,3)4/h5-10,16,21,26H,11-13H2,1-4H3,(H,27,30)(H,28,29)/t16-,21-/m1/s1. The van der Waals surface area contributed by atoms with E-state index in [1.165, 1.54) is 0 Å². The van der Waals surface area contributed by atoms with Crippen LogP contribution in [0.2, 0.25) is 19.6 Å². The van der Waals surface area contributed by atoms with E-state index in [0.717, 1.165) is 17.7 Å². The van der Waals surface area contributed by atoms with Crippen LogP contribution in [0.1, 0.15) is 17.2 Å². The fraction of sp³-hybridized carbons (Fsp3) is 0.391. The van der Waals surface area contributed by atoms with Crippen molar-refractivity contribution in [1.29, 1.82) is 0 Å². The zero-order chi connectivity index (χ0) is 24.2. The molecule has 2 aromatic carbocycles. The van der Waals surface area contributed by atoms with Gasteiger partial charge in [0.25, 0.3) is 5.91 Å². The van der Waals surface area contributed by atoms with Crippen LogP contribution >= 0.6 is 0 Å². The van der Waals surface area contributed by atoms with Gasteiger partial charge in [-0.25, -0.2) is 14.3 Å². The van der Waals surface area contributed by atoms with Crippen molar-refractivity contribution in [2.75, 3.05) is 25.6 Å². The lowest BCUT2D eigenvalue weighted by Gasteiger charge is -2.22. The second-order valence-electron chi connectivity index (χ2n) is 9.02. The van der Waals surface area contributed by atoms with Gasteiger partial charge in [-0.15, -0.1) is 0 Å². The molecule has 1 fully saturated rings. The van der Waals surface area contributed by atoms with Gasteiger partial charge in [-0.05, 0) is 22.4 Å². The molecule has 3 rings (SSSR count). The van der Waals surface area contributed by atoms with Crippen molar-refractivity contribution in [3.8, 4) is 0 Å². The number of benzene rings is 2. The molecule has 0 saturated carbocycles. The minimum absolute atomic E-state index is 0.172. The number of hydrogen-bond donors (Lipinski definition) is 3. The highest BCUT2D eigenvalue weighted by atomic mass is 28.3. The Morgan fingerprint density at radius 2 is 1.88 bits per heavy atom. The molecule has 0 bridgehead atoms. The molecular weight excluding hydrogens is 448 g/mol. The maximum Gasteiger partial charge on any atom is 0.251 e. The van der Waals surface area contributed by atoms with Gasteiger partial charge in [0.2, 0.25) is 5.91 Å². The SMILES string of the molecule is COCc1ccc([C@@H](NC(=O)[C@@H]2CNOC2)C(=O)Nc2cc(F)c([Si](C)(C)C)cc2F)cc1. The third kappa shape index (κ3) is 6.23. The minimum atomic E-state index is -2.11. The van der Waals surface area contributed by atoms with E-state index in [1.54, 1.807) is 31.4 Å². The number of hydroxylamine groups is 1. The minimum Gasteiger partial charge on any atom is -0.380 e. The molecule has 1 aliphatic rings. The molecule has 178 valence electrons. The van der Waals surface area contributed by atoms with Crippen molar-refractivity contribution in [3.05, 3.63) is 59.2 Å². The van der Waals surface area contributed by atoms with Crippen LogP contribution in [0.25, 0.3) is 0 Å². The summed E-state index contributed by atoms with van der Waals surface area (Å²) >= 11 is 0. The van der Waals surface area contributed by atoms with Gasteiger partial charge >= 0.3 is 0 Å². The molecule has 3 N–H and O–H groups in total. The number of ether oxygens (including phenoxy) is 1. The Morgan fingerprint density at radius 1 is 1.18 bits per heavy atom. The highest BCUT2D eigenvalue weighted by Gasteiger charge is 2.30. The van der Waals surface area contributed by atoms with Crippen LogP contribution in [-0.2, 0) is 25.8 Å². The average Bonchev–Trinajstić information content (AvgIpc) is 3.29. The number of anilines is 1. The van der Waals surface area contributed by atoms with E-state index in [0.29, 0.717) is 23.9 Å². The lowest BCUT2D eigenvalue weighted by molar-refractivity contribution is -0.129. The van der Waals surface area contributed by atoms with Gasteiger partial charge in [-0.3, -0.25) is 9.59 Å². The molecular formula is C23H29F2N3O4Si. The summed E-state index contributed by atoms with van der Waals surface area (Å²) < 4.78 is 34.5. The monoisotopic (exact) mass is 477 g/mol. The van der Waals surface area contributed by atoms with Gasteiger partial charge in [-0.1, -0.05) is 43.9 Å². The lowest BCUT2D eigenvalue weighted by Crippen LogP contribution is -2.42. The highest BCUT2D eigenvalue weighted by molar-refractivity contribution is 6.88. The normalized spacial score (nSPS) is 17.0. The number of nitrogens with one attached hydrogen (secondary N) is 3. The first kappa shape index (κ1) is 25.0. The number of methoxy groups -OCH3 is 1. The summed E-state index contributed by atoms with van der Waals surface area (Å²) in [6.45, 7) is 6.59. The van der Waals surface area contributed by atoms with Gasteiger partial charge in [-0.2, -0.15) is 0 Å². The molecule has 0 spiro atoms. The highest BCUT2D eigenvalue weighted by Crippen LogP contribution is 2.22. The fourth-order valence-electron chi connectivity index (χ4n) is 3.50. The Bertz CT molecular complexity index is 1010. The van der Waals surface area contributed by atoms with E-state index >= 15 is 0 Å². The summed E-state index contributed by atoms with van der Waals surface area (Å²) in [5, 5.41) is 5.48. The summed E-state index contributed by atoms with van der Waals surface area (Å²) in [6.07, 6.45) is 0. The number of amides is 2. The largest absolute Gasteiger partial charge is 0.380 e. The van der Waals surface area contributed by atoms with Crippen molar-refractivity contribution in [2.45, 2.75) is 32.3 Å². The molecule has 2 amide bonds. The first-order valence-electron chi connectivity index (χ1n) is 10.6. The van der Waals surface area contributed by atoms with Gasteiger partial charge < -0.3 is 20.2 Å². The van der Waals surface area contributed by atoms with Gasteiger partial charge in [0.15, 0.2) is 0 Å². The quantitative estimate of drug-likeness (QED) is 0.509. The van der Waals surface area contributed by atoms with Crippen molar-refractivity contribution in [2.24, 2.45) is 5.92 Å². The molecule has 0 unspecified atom stereocenters. The lowest BCUT2D eigenvalue weighted by atomic mass is 10.0. The molecule has 2 atom stereocenters. The van der Waals surface area contributed by atoms with Crippen LogP contribution in [0.3, 0.4) is 0 Å². The van der Waals surface area contributed by atoms with E-state index < -0.39 is 37.6 Å². The number of carbonyl (C=O) groups excluding carboxylic acids is 2. The van der Waals surface area contributed by atoms with Crippen molar-refractivity contribution in [1.82, 2.24) is 10.8 Å². The Hall–Kier alpha value is -2.66. The molecule has 0 aliphatic carbocycles. The van der Waals surface area contributed by atoms with Crippen LogP contribution in [0.15, 0.2) is 36.4 Å². The molecule has 1 aliphatic heterocycles. The summed E-state index contributed by atoms with van der Waals surface area (Å²) in [5.41, 5.74) is 3.72. The molecule has 33 heavy (non-hydrogen) atoms. The summed E-state index contributed by atoms with van der Waals surface area (Å²) in [6, 6.07) is 7.94. The van der Waals surface area contributed by atoms with E-state index in [1.807, 2.05) is 19.6 Å². The van der Waals surface area contributed by atoms with Gasteiger partial charge in [0.05, 0.1) is 32.9 Å². The van der Waals surface area contributed by atoms with Crippen LogP contribution in [0.5, 0.6) is 0 Å². The zero-order valence-corrected chi connectivity index (χ0v) is 20.1. The van der Waals surface area contributed by atoms with Crippen LogP contribution in [0.4, 0.5) is 14.5 Å². The second-order valence-corrected chi connectivity index (χ2v) is 14.1. The maximum absolute atomic E-state index is 14.7. The van der Waals surface area contributed by atoms with E-state index in [4.69, 9.17) is 9.57 Å². The molecule has 10 heteroatoms. The zero-order valence-electron chi connectivity index (χ0n) is 19.1. The third-order valence-corrected chi connectivity index (χ3v) is 7.38. The van der Waals surface area contributed by atoms with Crippen LogP contribution in [-0.4, -0.2) is 40.1 Å². The fourth-order valence-corrected chi connectivity index (χ4v) is 4.85. The van der Waals surface area contributed by atoms with Crippen molar-refractivity contribution >= 4 is 30.8 Å². The number of hydrogen-bond acceptors (Lipinski definition) is 5. The van der Waals surface area contributed by atoms with Crippen LogP contribution in [0, 0.1) is 17.6 Å².